The number of aryl methyl sites for hydroxylation is 2. The summed E-state index contributed by atoms with van der Waals surface area (Å²) in [5.74, 6) is 0.0625. The van der Waals surface area contributed by atoms with Crippen LogP contribution in [0.25, 0.3) is 17.1 Å². The summed E-state index contributed by atoms with van der Waals surface area (Å²) in [6, 6.07) is 26.0. The van der Waals surface area contributed by atoms with Gasteiger partial charge in [-0.15, -0.1) is 10.2 Å². The molecule has 8 heteroatoms. The summed E-state index contributed by atoms with van der Waals surface area (Å²) < 4.78 is 14.1. The number of ether oxygens (including phenoxy) is 2. The van der Waals surface area contributed by atoms with Crippen LogP contribution in [0.4, 0.5) is 0 Å². The van der Waals surface area contributed by atoms with Crippen LogP contribution in [0.5, 0.6) is 0 Å². The molecule has 38 heavy (non-hydrogen) atoms. The van der Waals surface area contributed by atoms with Crippen molar-refractivity contribution in [3.63, 3.8) is 0 Å². The first kappa shape index (κ1) is 26.2. The van der Waals surface area contributed by atoms with Crippen molar-refractivity contribution in [2.45, 2.75) is 50.8 Å². The Labute approximate surface area is 227 Å². The minimum atomic E-state index is -0.729. The van der Waals surface area contributed by atoms with Crippen LogP contribution in [0.2, 0.25) is 0 Å². The van der Waals surface area contributed by atoms with E-state index in [9.17, 15) is 4.79 Å². The minimum Gasteiger partial charge on any atom is -0.348 e. The van der Waals surface area contributed by atoms with E-state index < -0.39 is 5.79 Å². The van der Waals surface area contributed by atoms with Gasteiger partial charge in [0.15, 0.2) is 16.8 Å². The van der Waals surface area contributed by atoms with Gasteiger partial charge < -0.3 is 14.8 Å². The van der Waals surface area contributed by atoms with Crippen LogP contribution in [0.3, 0.4) is 0 Å². The highest BCUT2D eigenvalue weighted by Gasteiger charge is 2.38. The number of thioether (sulfide) groups is 1. The molecule has 1 fully saturated rings. The zero-order valence-electron chi connectivity index (χ0n) is 22.0. The van der Waals surface area contributed by atoms with Crippen LogP contribution in [-0.4, -0.2) is 44.9 Å². The lowest BCUT2D eigenvalue weighted by molar-refractivity contribution is -0.284. The van der Waals surface area contributed by atoms with Crippen molar-refractivity contribution in [1.82, 2.24) is 20.1 Å². The van der Waals surface area contributed by atoms with Crippen molar-refractivity contribution >= 4 is 17.7 Å². The molecule has 2 heterocycles. The molecule has 0 radical (unpaired) electrons. The van der Waals surface area contributed by atoms with Gasteiger partial charge >= 0.3 is 0 Å². The summed E-state index contributed by atoms with van der Waals surface area (Å²) in [5.41, 5.74) is 5.25. The third-order valence-electron chi connectivity index (χ3n) is 6.43. The highest BCUT2D eigenvalue weighted by Crippen LogP contribution is 2.33. The molecule has 1 N–H and O–H groups in total. The van der Waals surface area contributed by atoms with Gasteiger partial charge in [-0.2, -0.15) is 0 Å². The monoisotopic (exact) mass is 528 g/mol. The summed E-state index contributed by atoms with van der Waals surface area (Å²) >= 11 is 1.35. The fraction of sp³-hybridized carbons (Fsp3) is 0.300. The summed E-state index contributed by atoms with van der Waals surface area (Å²) in [7, 11) is 0. The predicted molar refractivity (Wildman–Crippen MR) is 149 cm³/mol. The molecule has 7 nitrogen and oxygen atoms in total. The number of rotatable bonds is 7. The largest absolute Gasteiger partial charge is 0.348 e. The van der Waals surface area contributed by atoms with E-state index in [1.807, 2.05) is 73.0 Å². The van der Waals surface area contributed by atoms with Gasteiger partial charge in [0.05, 0.1) is 18.4 Å². The molecular weight excluding hydrogens is 496 g/mol. The summed E-state index contributed by atoms with van der Waals surface area (Å²) in [5, 5.41) is 12.7. The molecule has 3 aromatic carbocycles. The normalized spacial score (nSPS) is 18.7. The number of benzene rings is 3. The van der Waals surface area contributed by atoms with Crippen molar-refractivity contribution in [3.8, 4) is 17.1 Å². The number of nitrogens with zero attached hydrogens (tertiary/aromatic N) is 3. The van der Waals surface area contributed by atoms with E-state index in [1.54, 1.807) is 0 Å². The van der Waals surface area contributed by atoms with E-state index in [0.717, 1.165) is 22.6 Å². The molecule has 0 bridgehead atoms. The van der Waals surface area contributed by atoms with Gasteiger partial charge in [0.25, 0.3) is 0 Å². The molecule has 0 spiro atoms. The lowest BCUT2D eigenvalue weighted by Crippen LogP contribution is -2.52. The summed E-state index contributed by atoms with van der Waals surface area (Å²) in [4.78, 5) is 13.1. The molecule has 1 aromatic heterocycles. The van der Waals surface area contributed by atoms with E-state index in [-0.39, 0.29) is 23.8 Å². The standard InChI is InChI=1S/C30H32N4O3S/c1-20-10-14-23(15-11-20)28-32-33-29(34(28)24-16-12-21(2)13-17-24)38-19-26(35)31-25-18-36-30(3,4)37-27(25)22-8-6-5-7-9-22/h5-17,25,27H,18-19H2,1-4H3,(H,31,35). The van der Waals surface area contributed by atoms with Gasteiger partial charge in [0.1, 0.15) is 6.10 Å². The van der Waals surface area contributed by atoms with Gasteiger partial charge in [-0.3, -0.25) is 9.36 Å². The van der Waals surface area contributed by atoms with Gasteiger partial charge in [-0.05, 0) is 45.4 Å². The summed E-state index contributed by atoms with van der Waals surface area (Å²) in [6.45, 7) is 8.25. The zero-order chi connectivity index (χ0) is 26.7. The quantitative estimate of drug-likeness (QED) is 0.312. The first-order chi connectivity index (χ1) is 18.3. The molecule has 1 aliphatic rings. The molecular formula is C30H32N4O3S. The van der Waals surface area contributed by atoms with Gasteiger partial charge in [-0.25, -0.2) is 0 Å². The molecule has 1 amide bonds. The van der Waals surface area contributed by atoms with Crippen molar-refractivity contribution in [2.24, 2.45) is 0 Å². The second-order valence-corrected chi connectivity index (χ2v) is 10.9. The Balaban J connectivity index is 1.35. The van der Waals surface area contributed by atoms with Crippen molar-refractivity contribution in [2.75, 3.05) is 12.4 Å². The number of hydrogen-bond acceptors (Lipinski definition) is 6. The third kappa shape index (κ3) is 5.99. The van der Waals surface area contributed by atoms with Crippen molar-refractivity contribution in [1.29, 1.82) is 0 Å². The Morgan fingerprint density at radius 3 is 2.32 bits per heavy atom. The number of carbonyl (C=O) groups excluding carboxylic acids is 1. The number of carbonyl (C=O) groups is 1. The Morgan fingerprint density at radius 2 is 1.63 bits per heavy atom. The van der Waals surface area contributed by atoms with Crippen molar-refractivity contribution in [3.05, 3.63) is 95.6 Å². The summed E-state index contributed by atoms with van der Waals surface area (Å²) in [6.07, 6.45) is -0.307. The van der Waals surface area contributed by atoms with Gasteiger partial charge in [0, 0.05) is 11.3 Å². The molecule has 0 aliphatic carbocycles. The van der Waals surface area contributed by atoms with E-state index in [4.69, 9.17) is 9.47 Å². The Kier molecular flexibility index (Phi) is 7.65. The SMILES string of the molecule is Cc1ccc(-c2nnc(SCC(=O)NC3COC(C)(C)OC3c3ccccc3)n2-c2ccc(C)cc2)cc1. The first-order valence-corrected chi connectivity index (χ1v) is 13.7. The smallest absolute Gasteiger partial charge is 0.230 e. The average Bonchev–Trinajstić information content (AvgIpc) is 3.34. The molecule has 2 unspecified atom stereocenters. The van der Waals surface area contributed by atoms with Crippen LogP contribution in [-0.2, 0) is 14.3 Å². The van der Waals surface area contributed by atoms with Crippen LogP contribution >= 0.6 is 11.8 Å². The highest BCUT2D eigenvalue weighted by atomic mass is 32.2. The number of amides is 1. The molecule has 0 saturated carbocycles. The molecule has 196 valence electrons. The lowest BCUT2D eigenvalue weighted by atomic mass is 10.0. The minimum absolute atomic E-state index is 0.122. The maximum absolute atomic E-state index is 13.1. The molecule has 1 aliphatic heterocycles. The maximum Gasteiger partial charge on any atom is 0.230 e. The average molecular weight is 529 g/mol. The fourth-order valence-corrected chi connectivity index (χ4v) is 5.18. The van der Waals surface area contributed by atoms with Crippen LogP contribution in [0, 0.1) is 13.8 Å². The highest BCUT2D eigenvalue weighted by molar-refractivity contribution is 7.99. The van der Waals surface area contributed by atoms with E-state index in [1.165, 1.54) is 22.9 Å². The van der Waals surface area contributed by atoms with Crippen molar-refractivity contribution < 1.29 is 14.3 Å². The third-order valence-corrected chi connectivity index (χ3v) is 7.36. The van der Waals surface area contributed by atoms with Crippen LogP contribution in [0.1, 0.15) is 36.6 Å². The Morgan fingerprint density at radius 1 is 0.974 bits per heavy atom. The Hall–Kier alpha value is -3.46. The van der Waals surface area contributed by atoms with Gasteiger partial charge in [0.2, 0.25) is 5.91 Å². The Bertz CT molecular complexity index is 1390. The number of nitrogens with one attached hydrogen (secondary N) is 1. The van der Waals surface area contributed by atoms with Crippen LogP contribution in [0.15, 0.2) is 84.0 Å². The van der Waals surface area contributed by atoms with Gasteiger partial charge in [-0.1, -0.05) is 89.6 Å². The first-order valence-electron chi connectivity index (χ1n) is 12.7. The van der Waals surface area contributed by atoms with E-state index in [0.29, 0.717) is 11.8 Å². The molecule has 4 aromatic rings. The topological polar surface area (TPSA) is 78.3 Å². The number of aromatic nitrogens is 3. The predicted octanol–water partition coefficient (Wildman–Crippen LogP) is 5.65. The lowest BCUT2D eigenvalue weighted by Gasteiger charge is -2.41. The maximum atomic E-state index is 13.1. The molecule has 1 saturated heterocycles. The molecule has 2 atom stereocenters. The zero-order valence-corrected chi connectivity index (χ0v) is 22.9. The fourth-order valence-electron chi connectivity index (χ4n) is 4.42. The van der Waals surface area contributed by atoms with E-state index in [2.05, 4.69) is 53.6 Å². The van der Waals surface area contributed by atoms with Crippen LogP contribution < -0.4 is 5.32 Å². The molecule has 5 rings (SSSR count). The van der Waals surface area contributed by atoms with E-state index >= 15 is 0 Å². The second kappa shape index (κ2) is 11.1. The number of hydrogen-bond donors (Lipinski definition) is 1. The second-order valence-electron chi connectivity index (χ2n) is 9.97.